The number of hydrogen-bond donors (Lipinski definition) is 0. The largest absolute Gasteiger partial charge is 0.468 e. The summed E-state index contributed by atoms with van der Waals surface area (Å²) in [4.78, 5) is 34.9. The summed E-state index contributed by atoms with van der Waals surface area (Å²) in [6, 6.07) is 1.96. The molecule has 9 heteroatoms. The summed E-state index contributed by atoms with van der Waals surface area (Å²) in [6.45, 7) is 5.76. The zero-order chi connectivity index (χ0) is 21.4. The van der Waals surface area contributed by atoms with Crippen LogP contribution in [0.3, 0.4) is 0 Å². The van der Waals surface area contributed by atoms with Crippen molar-refractivity contribution in [2.24, 2.45) is 0 Å². The number of benzene rings is 1. The van der Waals surface area contributed by atoms with Gasteiger partial charge in [-0.2, -0.15) is 0 Å². The SMILES string of the molecule is COC(=O)C1(c2ncnc3cc(F)c(F)cc23)CCN(C(=O)OC(C)(C)C)CC1. The fourth-order valence-corrected chi connectivity index (χ4v) is 3.56. The molecule has 0 atom stereocenters. The van der Waals surface area contributed by atoms with Gasteiger partial charge in [-0.1, -0.05) is 0 Å². The third-order valence-corrected chi connectivity index (χ3v) is 4.98. The number of esters is 1. The number of methoxy groups -OCH3 is 1. The second kappa shape index (κ2) is 7.53. The molecule has 0 spiro atoms. The van der Waals surface area contributed by atoms with Crippen molar-refractivity contribution in [3.8, 4) is 0 Å². The maximum atomic E-state index is 13.9. The number of hydrogen-bond acceptors (Lipinski definition) is 6. The molecule has 1 saturated heterocycles. The molecule has 29 heavy (non-hydrogen) atoms. The van der Waals surface area contributed by atoms with Gasteiger partial charge in [0.15, 0.2) is 11.6 Å². The fourth-order valence-electron chi connectivity index (χ4n) is 3.56. The Bertz CT molecular complexity index is 951. The number of aromatic nitrogens is 2. The van der Waals surface area contributed by atoms with E-state index in [4.69, 9.17) is 9.47 Å². The summed E-state index contributed by atoms with van der Waals surface area (Å²) < 4.78 is 38.0. The van der Waals surface area contributed by atoms with Gasteiger partial charge in [0.25, 0.3) is 0 Å². The Labute approximate surface area is 167 Å². The first-order chi connectivity index (χ1) is 13.6. The van der Waals surface area contributed by atoms with E-state index in [2.05, 4.69) is 9.97 Å². The molecule has 0 N–H and O–H groups in total. The van der Waals surface area contributed by atoms with Gasteiger partial charge in [-0.05, 0) is 39.7 Å². The van der Waals surface area contributed by atoms with Crippen LogP contribution in [0.4, 0.5) is 13.6 Å². The van der Waals surface area contributed by atoms with Crippen molar-refractivity contribution >= 4 is 23.0 Å². The number of nitrogens with zero attached hydrogens (tertiary/aromatic N) is 3. The molecular weight excluding hydrogens is 384 g/mol. The van der Waals surface area contributed by atoms with E-state index < -0.39 is 34.7 Å². The Hall–Kier alpha value is -2.84. The molecule has 3 rings (SSSR count). The quantitative estimate of drug-likeness (QED) is 0.710. The third-order valence-electron chi connectivity index (χ3n) is 4.98. The van der Waals surface area contributed by atoms with E-state index in [0.29, 0.717) is 0 Å². The summed E-state index contributed by atoms with van der Waals surface area (Å²) in [5.41, 5.74) is -1.40. The van der Waals surface area contributed by atoms with Crippen molar-refractivity contribution in [1.82, 2.24) is 14.9 Å². The van der Waals surface area contributed by atoms with Crippen LogP contribution in [-0.2, 0) is 19.7 Å². The highest BCUT2D eigenvalue weighted by molar-refractivity contribution is 5.91. The Morgan fingerprint density at radius 2 is 1.72 bits per heavy atom. The van der Waals surface area contributed by atoms with Gasteiger partial charge in [0.05, 0.1) is 18.3 Å². The number of rotatable bonds is 2. The summed E-state index contributed by atoms with van der Waals surface area (Å²) in [5.74, 6) is -2.64. The number of carbonyl (C=O) groups excluding carboxylic acids is 2. The lowest BCUT2D eigenvalue weighted by atomic mass is 9.74. The van der Waals surface area contributed by atoms with E-state index in [1.807, 2.05) is 0 Å². The van der Waals surface area contributed by atoms with Crippen molar-refractivity contribution in [2.45, 2.75) is 44.6 Å². The number of amides is 1. The molecule has 2 aromatic rings. The first kappa shape index (κ1) is 20.9. The number of halogens is 2. The van der Waals surface area contributed by atoms with Crippen molar-refractivity contribution in [3.05, 3.63) is 35.8 Å². The lowest BCUT2D eigenvalue weighted by Gasteiger charge is -2.39. The van der Waals surface area contributed by atoms with E-state index >= 15 is 0 Å². The molecule has 156 valence electrons. The maximum Gasteiger partial charge on any atom is 0.410 e. The van der Waals surface area contributed by atoms with Gasteiger partial charge in [0.1, 0.15) is 17.3 Å². The fraction of sp³-hybridized carbons (Fsp3) is 0.500. The van der Waals surface area contributed by atoms with E-state index in [9.17, 15) is 18.4 Å². The highest BCUT2D eigenvalue weighted by atomic mass is 19.2. The van der Waals surface area contributed by atoms with Crippen molar-refractivity contribution in [1.29, 1.82) is 0 Å². The maximum absolute atomic E-state index is 13.9. The molecule has 0 aliphatic carbocycles. The molecule has 1 aromatic carbocycles. The minimum atomic E-state index is -1.21. The minimum Gasteiger partial charge on any atom is -0.468 e. The van der Waals surface area contributed by atoms with Gasteiger partial charge in [0.2, 0.25) is 0 Å². The lowest BCUT2D eigenvalue weighted by molar-refractivity contribution is -0.149. The van der Waals surface area contributed by atoms with Crippen molar-refractivity contribution in [3.63, 3.8) is 0 Å². The summed E-state index contributed by atoms with van der Waals surface area (Å²) in [7, 11) is 1.26. The van der Waals surface area contributed by atoms with Crippen LogP contribution in [0.5, 0.6) is 0 Å². The van der Waals surface area contributed by atoms with E-state index in [0.717, 1.165) is 12.1 Å². The standard InChI is InChI=1S/C20H23F2N3O4/c1-19(2,3)29-18(27)25-7-5-20(6-8-25,17(26)28-4)16-12-9-13(21)14(22)10-15(12)23-11-24-16/h9-11H,5-8H2,1-4H3. The monoisotopic (exact) mass is 407 g/mol. The molecule has 1 aliphatic heterocycles. The van der Waals surface area contributed by atoms with Crippen LogP contribution < -0.4 is 0 Å². The van der Waals surface area contributed by atoms with Crippen LogP contribution in [0.1, 0.15) is 39.3 Å². The van der Waals surface area contributed by atoms with Gasteiger partial charge in [0, 0.05) is 24.5 Å². The molecule has 0 saturated carbocycles. The first-order valence-corrected chi connectivity index (χ1v) is 9.24. The number of fused-ring (bicyclic) bond motifs is 1. The van der Waals surface area contributed by atoms with Crippen LogP contribution in [0.15, 0.2) is 18.5 Å². The number of carbonyl (C=O) groups is 2. The average molecular weight is 407 g/mol. The minimum absolute atomic E-state index is 0.187. The summed E-state index contributed by atoms with van der Waals surface area (Å²) >= 11 is 0. The van der Waals surface area contributed by atoms with Crippen LogP contribution in [0.25, 0.3) is 10.9 Å². The molecule has 1 amide bonds. The number of likely N-dealkylation sites (tertiary alicyclic amines) is 1. The zero-order valence-corrected chi connectivity index (χ0v) is 16.8. The van der Waals surface area contributed by atoms with Crippen molar-refractivity contribution in [2.75, 3.05) is 20.2 Å². The molecular formula is C20H23F2N3O4. The van der Waals surface area contributed by atoms with Crippen LogP contribution in [0, 0.1) is 11.6 Å². The van der Waals surface area contributed by atoms with E-state index in [-0.39, 0.29) is 42.5 Å². The Morgan fingerprint density at radius 1 is 1.10 bits per heavy atom. The van der Waals surface area contributed by atoms with E-state index in [1.165, 1.54) is 18.3 Å². The molecule has 1 aliphatic rings. The predicted octanol–water partition coefficient (Wildman–Crippen LogP) is 3.35. The van der Waals surface area contributed by atoms with Crippen LogP contribution >= 0.6 is 0 Å². The highest BCUT2D eigenvalue weighted by Gasteiger charge is 2.47. The van der Waals surface area contributed by atoms with Gasteiger partial charge >= 0.3 is 12.1 Å². The Morgan fingerprint density at radius 3 is 2.31 bits per heavy atom. The van der Waals surface area contributed by atoms with Gasteiger partial charge < -0.3 is 14.4 Å². The second-order valence-electron chi connectivity index (χ2n) is 8.05. The van der Waals surface area contributed by atoms with Gasteiger partial charge in [-0.3, -0.25) is 4.79 Å². The number of piperidine rings is 1. The smallest absolute Gasteiger partial charge is 0.410 e. The summed E-state index contributed by atoms with van der Waals surface area (Å²) in [5, 5.41) is 0.238. The molecule has 0 unspecified atom stereocenters. The van der Waals surface area contributed by atoms with Crippen LogP contribution in [0.2, 0.25) is 0 Å². The molecule has 1 aromatic heterocycles. The normalized spacial score (nSPS) is 16.6. The zero-order valence-electron chi connectivity index (χ0n) is 16.8. The highest BCUT2D eigenvalue weighted by Crippen LogP contribution is 2.39. The van der Waals surface area contributed by atoms with E-state index in [1.54, 1.807) is 20.8 Å². The average Bonchev–Trinajstić information content (AvgIpc) is 2.66. The molecule has 0 radical (unpaired) electrons. The second-order valence-corrected chi connectivity index (χ2v) is 8.05. The van der Waals surface area contributed by atoms with Crippen LogP contribution in [-0.4, -0.2) is 52.7 Å². The number of ether oxygens (including phenoxy) is 2. The topological polar surface area (TPSA) is 81.6 Å². The molecule has 2 heterocycles. The summed E-state index contributed by atoms with van der Waals surface area (Å²) in [6.07, 6.45) is 1.13. The predicted molar refractivity (Wildman–Crippen MR) is 100 cm³/mol. The Kier molecular flexibility index (Phi) is 5.42. The first-order valence-electron chi connectivity index (χ1n) is 9.24. The third kappa shape index (κ3) is 3.99. The van der Waals surface area contributed by atoms with Gasteiger partial charge in [-0.15, -0.1) is 0 Å². The molecule has 7 nitrogen and oxygen atoms in total. The molecule has 1 fully saturated rings. The Balaban J connectivity index is 1.99. The van der Waals surface area contributed by atoms with Gasteiger partial charge in [-0.25, -0.2) is 23.5 Å². The van der Waals surface area contributed by atoms with Crippen molar-refractivity contribution < 1.29 is 27.8 Å². The lowest BCUT2D eigenvalue weighted by Crippen LogP contribution is -2.51. The molecule has 0 bridgehead atoms.